The monoisotopic (exact) mass is 420 g/mol. The van der Waals surface area contributed by atoms with Crippen LogP contribution >= 0.6 is 11.3 Å². The number of nitrogens with one attached hydrogen (secondary N) is 1. The molecule has 1 aromatic heterocycles. The zero-order chi connectivity index (χ0) is 21.3. The maximum absolute atomic E-state index is 13.2. The van der Waals surface area contributed by atoms with Crippen LogP contribution in [0, 0.1) is 11.3 Å². The van der Waals surface area contributed by atoms with Gasteiger partial charge in [0.25, 0.3) is 11.8 Å². The number of carbonyl (C=O) groups is 2. The molecule has 0 spiro atoms. The van der Waals surface area contributed by atoms with Crippen molar-refractivity contribution in [3.8, 4) is 6.07 Å². The van der Waals surface area contributed by atoms with Crippen LogP contribution in [0.4, 0.5) is 0 Å². The van der Waals surface area contributed by atoms with Gasteiger partial charge in [0.1, 0.15) is 17.5 Å². The first-order chi connectivity index (χ1) is 14.5. The second-order valence-corrected chi connectivity index (χ2v) is 8.19. The van der Waals surface area contributed by atoms with E-state index in [-0.39, 0.29) is 35.3 Å². The minimum atomic E-state index is -0.376. The summed E-state index contributed by atoms with van der Waals surface area (Å²) in [6.07, 6.45) is -0.217. The largest absolute Gasteiger partial charge is 0.372 e. The molecule has 3 heterocycles. The van der Waals surface area contributed by atoms with E-state index in [2.05, 4.69) is 10.3 Å². The lowest BCUT2D eigenvalue weighted by molar-refractivity contribution is -0.138. The van der Waals surface area contributed by atoms with Crippen molar-refractivity contribution in [1.29, 1.82) is 5.26 Å². The van der Waals surface area contributed by atoms with Gasteiger partial charge < -0.3 is 15.0 Å². The molecule has 0 aliphatic carbocycles. The van der Waals surface area contributed by atoms with E-state index >= 15 is 0 Å². The first-order valence-electron chi connectivity index (χ1n) is 9.60. The number of hydrogen-bond donors (Lipinski definition) is 1. The number of rotatable bonds is 2. The van der Waals surface area contributed by atoms with Crippen LogP contribution in [-0.2, 0) is 9.53 Å². The molecule has 1 aromatic carbocycles. The highest BCUT2D eigenvalue weighted by atomic mass is 32.1. The molecule has 0 radical (unpaired) electrons. The molecular weight excluding hydrogens is 400 g/mol. The van der Waals surface area contributed by atoms with E-state index in [1.165, 1.54) is 11.3 Å². The lowest BCUT2D eigenvalue weighted by Gasteiger charge is -2.35. The Labute approximate surface area is 178 Å². The normalized spacial score (nSPS) is 22.0. The number of amidine groups is 1. The predicted octanol–water partition coefficient (Wildman–Crippen LogP) is 2.81. The number of ether oxygens (including phenoxy) is 1. The lowest BCUT2D eigenvalue weighted by Crippen LogP contribution is -2.48. The summed E-state index contributed by atoms with van der Waals surface area (Å²) in [5.41, 5.74) is 1.58. The Morgan fingerprint density at radius 3 is 2.50 bits per heavy atom. The van der Waals surface area contributed by atoms with Crippen molar-refractivity contribution in [2.75, 3.05) is 13.1 Å². The molecule has 2 amide bonds. The lowest BCUT2D eigenvalue weighted by atomic mass is 10.0. The van der Waals surface area contributed by atoms with Crippen LogP contribution in [0.2, 0.25) is 0 Å². The molecule has 2 aromatic rings. The quantitative estimate of drug-likeness (QED) is 0.597. The SMILES string of the molecule is CC1CN(C(=O)/C(C#N)=C2\N=C(NC(=O)c3cccs3)c3ccccc32)CC(C)O1. The molecular formula is C22H20N4O3S. The van der Waals surface area contributed by atoms with Gasteiger partial charge in [-0.15, -0.1) is 11.3 Å². The van der Waals surface area contributed by atoms with Crippen LogP contribution in [0.25, 0.3) is 5.70 Å². The number of thiophene rings is 1. The summed E-state index contributed by atoms with van der Waals surface area (Å²) < 4.78 is 5.69. The van der Waals surface area contributed by atoms with E-state index in [0.717, 1.165) is 0 Å². The van der Waals surface area contributed by atoms with Crippen LogP contribution < -0.4 is 5.32 Å². The third-order valence-corrected chi connectivity index (χ3v) is 5.78. The molecule has 2 unspecified atom stereocenters. The summed E-state index contributed by atoms with van der Waals surface area (Å²) in [6.45, 7) is 4.62. The zero-order valence-corrected chi connectivity index (χ0v) is 17.4. The first-order valence-corrected chi connectivity index (χ1v) is 10.5. The highest BCUT2D eigenvalue weighted by Gasteiger charge is 2.32. The Balaban J connectivity index is 1.71. The Kier molecular flexibility index (Phi) is 5.48. The molecule has 1 N–H and O–H groups in total. The molecule has 0 saturated carbocycles. The fourth-order valence-corrected chi connectivity index (χ4v) is 4.31. The molecule has 2 aliphatic rings. The van der Waals surface area contributed by atoms with E-state index in [9.17, 15) is 14.9 Å². The van der Waals surface area contributed by atoms with E-state index in [4.69, 9.17) is 4.74 Å². The summed E-state index contributed by atoms with van der Waals surface area (Å²) in [7, 11) is 0. The fourth-order valence-electron chi connectivity index (χ4n) is 3.70. The number of benzene rings is 1. The maximum atomic E-state index is 13.2. The molecule has 4 rings (SSSR count). The van der Waals surface area contributed by atoms with Gasteiger partial charge in [-0.25, -0.2) is 4.99 Å². The minimum absolute atomic E-state index is 0.0378. The van der Waals surface area contributed by atoms with Crippen molar-refractivity contribution < 1.29 is 14.3 Å². The molecule has 2 atom stereocenters. The third kappa shape index (κ3) is 3.77. The van der Waals surface area contributed by atoms with Gasteiger partial charge in [-0.2, -0.15) is 5.26 Å². The molecule has 0 bridgehead atoms. The summed E-state index contributed by atoms with van der Waals surface area (Å²) in [5.74, 6) is -0.317. The number of amides is 2. The van der Waals surface area contributed by atoms with Crippen LogP contribution in [0.1, 0.15) is 34.6 Å². The van der Waals surface area contributed by atoms with E-state index in [1.807, 2.05) is 43.5 Å². The van der Waals surface area contributed by atoms with Crippen molar-refractivity contribution in [2.24, 2.45) is 4.99 Å². The van der Waals surface area contributed by atoms with E-state index < -0.39 is 0 Å². The average Bonchev–Trinajstić information content (AvgIpc) is 3.37. The molecule has 152 valence electrons. The van der Waals surface area contributed by atoms with Crippen LogP contribution in [0.5, 0.6) is 0 Å². The highest BCUT2D eigenvalue weighted by molar-refractivity contribution is 7.12. The maximum Gasteiger partial charge on any atom is 0.266 e. The molecule has 1 fully saturated rings. The van der Waals surface area contributed by atoms with Gasteiger partial charge in [0, 0.05) is 24.2 Å². The van der Waals surface area contributed by atoms with E-state index in [1.54, 1.807) is 23.1 Å². The molecule has 7 nitrogen and oxygen atoms in total. The fraction of sp³-hybridized carbons (Fsp3) is 0.273. The van der Waals surface area contributed by atoms with Gasteiger partial charge in [-0.05, 0) is 25.3 Å². The summed E-state index contributed by atoms with van der Waals surface area (Å²) >= 11 is 1.33. The van der Waals surface area contributed by atoms with Crippen molar-refractivity contribution >= 4 is 34.7 Å². The van der Waals surface area contributed by atoms with Crippen LogP contribution in [0.3, 0.4) is 0 Å². The Hall–Kier alpha value is -3.28. The van der Waals surface area contributed by atoms with Crippen molar-refractivity contribution in [1.82, 2.24) is 10.2 Å². The van der Waals surface area contributed by atoms with Crippen molar-refractivity contribution in [3.63, 3.8) is 0 Å². The number of fused-ring (bicyclic) bond motifs is 1. The number of hydrogen-bond acceptors (Lipinski definition) is 6. The second-order valence-electron chi connectivity index (χ2n) is 7.24. The van der Waals surface area contributed by atoms with Crippen LogP contribution in [0.15, 0.2) is 52.3 Å². The Bertz CT molecular complexity index is 1090. The van der Waals surface area contributed by atoms with Gasteiger partial charge in [0.05, 0.1) is 22.8 Å². The van der Waals surface area contributed by atoms with Gasteiger partial charge >= 0.3 is 0 Å². The molecule has 8 heteroatoms. The summed E-state index contributed by atoms with van der Waals surface area (Å²) in [6, 6.07) is 12.8. The predicted molar refractivity (Wildman–Crippen MR) is 114 cm³/mol. The van der Waals surface area contributed by atoms with Crippen molar-refractivity contribution in [3.05, 3.63) is 63.4 Å². The number of nitrogens with zero attached hydrogens (tertiary/aromatic N) is 3. The van der Waals surface area contributed by atoms with Crippen molar-refractivity contribution in [2.45, 2.75) is 26.1 Å². The van der Waals surface area contributed by atoms with Crippen LogP contribution in [-0.4, -0.2) is 47.8 Å². The summed E-state index contributed by atoms with van der Waals surface area (Å²) in [5, 5.41) is 14.5. The smallest absolute Gasteiger partial charge is 0.266 e. The number of morpholine rings is 1. The summed E-state index contributed by atoms with van der Waals surface area (Å²) in [4.78, 5) is 32.4. The van der Waals surface area contributed by atoms with E-state index in [0.29, 0.717) is 34.9 Å². The number of carbonyl (C=O) groups excluding carboxylic acids is 2. The highest BCUT2D eigenvalue weighted by Crippen LogP contribution is 2.31. The standard InChI is InChI=1S/C22H20N4O3S/c1-13-11-26(12-14(2)29-13)22(28)17(10-23)19-15-6-3-4-7-16(15)20(24-19)25-21(27)18-8-5-9-30-18/h3-9,13-14H,11-12H2,1-2H3,(H,24,25,27)/b19-17-. The van der Waals surface area contributed by atoms with Gasteiger partial charge in [0.15, 0.2) is 0 Å². The first kappa shape index (κ1) is 20.0. The third-order valence-electron chi connectivity index (χ3n) is 4.91. The number of nitriles is 1. The Morgan fingerprint density at radius 1 is 1.17 bits per heavy atom. The minimum Gasteiger partial charge on any atom is -0.372 e. The molecule has 30 heavy (non-hydrogen) atoms. The average molecular weight is 420 g/mol. The van der Waals surface area contributed by atoms with Gasteiger partial charge in [-0.3, -0.25) is 9.59 Å². The molecule has 2 aliphatic heterocycles. The van der Waals surface area contributed by atoms with Gasteiger partial charge in [-0.1, -0.05) is 30.3 Å². The topological polar surface area (TPSA) is 94.8 Å². The second kappa shape index (κ2) is 8.22. The molecule has 1 saturated heterocycles. The van der Waals surface area contributed by atoms with Gasteiger partial charge in [0.2, 0.25) is 0 Å². The zero-order valence-electron chi connectivity index (χ0n) is 16.6. The number of aliphatic imine (C=N–C) groups is 1. The Morgan fingerprint density at radius 2 is 1.87 bits per heavy atom.